The molecule has 12 heavy (non-hydrogen) atoms. The number of hydrogen-bond acceptors (Lipinski definition) is 2. The summed E-state index contributed by atoms with van der Waals surface area (Å²) in [7, 11) is 4.02. The van der Waals surface area contributed by atoms with Crippen LogP contribution in [-0.2, 0) is 0 Å². The van der Waals surface area contributed by atoms with E-state index in [0.717, 1.165) is 11.4 Å². The zero-order valence-electron chi connectivity index (χ0n) is 8.18. The predicted octanol–water partition coefficient (Wildman–Crippen LogP) is 1.95. The molecular formula is C10H16N2. The highest BCUT2D eigenvalue weighted by molar-refractivity contribution is 5.71. The molecule has 2 nitrogen and oxygen atoms in total. The summed E-state index contributed by atoms with van der Waals surface area (Å²) in [5.41, 5.74) is 10.3. The maximum atomic E-state index is 5.88. The summed E-state index contributed by atoms with van der Waals surface area (Å²) in [5.74, 6) is 0. The number of nitrogen functional groups attached to an aromatic ring is 1. The number of nitrogens with two attached hydrogens (primary N) is 1. The molecule has 1 aromatic carbocycles. The molecule has 0 unspecified atom stereocenters. The van der Waals surface area contributed by atoms with E-state index in [-0.39, 0.29) is 0 Å². The molecule has 1 aromatic rings. The van der Waals surface area contributed by atoms with Gasteiger partial charge in [-0.15, -0.1) is 0 Å². The summed E-state index contributed by atoms with van der Waals surface area (Å²) < 4.78 is 0. The van der Waals surface area contributed by atoms with Crippen molar-refractivity contribution in [1.82, 2.24) is 0 Å². The second-order valence-corrected chi connectivity index (χ2v) is 3.41. The van der Waals surface area contributed by atoms with Crippen LogP contribution >= 0.6 is 0 Å². The van der Waals surface area contributed by atoms with E-state index in [1.807, 2.05) is 25.1 Å². The molecule has 0 saturated carbocycles. The van der Waals surface area contributed by atoms with Crippen molar-refractivity contribution in [3.63, 3.8) is 0 Å². The second kappa shape index (κ2) is 3.05. The summed E-state index contributed by atoms with van der Waals surface area (Å²) in [6, 6.07) is 4.15. The first kappa shape index (κ1) is 8.91. The van der Waals surface area contributed by atoms with Crippen LogP contribution < -0.4 is 10.6 Å². The molecular weight excluding hydrogens is 148 g/mol. The van der Waals surface area contributed by atoms with E-state index in [9.17, 15) is 0 Å². The van der Waals surface area contributed by atoms with Crippen LogP contribution in [0.2, 0.25) is 0 Å². The predicted molar refractivity (Wildman–Crippen MR) is 54.7 cm³/mol. The molecule has 0 aromatic heterocycles. The minimum Gasteiger partial charge on any atom is -0.397 e. The molecule has 0 fully saturated rings. The van der Waals surface area contributed by atoms with Gasteiger partial charge in [-0.25, -0.2) is 0 Å². The normalized spacial score (nSPS) is 10.0. The van der Waals surface area contributed by atoms with Crippen LogP contribution in [0.4, 0.5) is 11.4 Å². The summed E-state index contributed by atoms with van der Waals surface area (Å²) in [5, 5.41) is 0. The Kier molecular flexibility index (Phi) is 2.27. The fourth-order valence-electron chi connectivity index (χ4n) is 1.60. The van der Waals surface area contributed by atoms with Gasteiger partial charge in [-0.1, -0.05) is 6.07 Å². The lowest BCUT2D eigenvalue weighted by Crippen LogP contribution is -2.12. The van der Waals surface area contributed by atoms with Crippen molar-refractivity contribution in [2.75, 3.05) is 24.7 Å². The lowest BCUT2D eigenvalue weighted by Gasteiger charge is -2.18. The van der Waals surface area contributed by atoms with Crippen molar-refractivity contribution in [3.8, 4) is 0 Å². The summed E-state index contributed by atoms with van der Waals surface area (Å²) in [6.45, 7) is 4.14. The van der Waals surface area contributed by atoms with E-state index in [2.05, 4.69) is 19.9 Å². The maximum Gasteiger partial charge on any atom is 0.0624 e. The van der Waals surface area contributed by atoms with Crippen LogP contribution in [0.25, 0.3) is 0 Å². The maximum absolute atomic E-state index is 5.88. The fourth-order valence-corrected chi connectivity index (χ4v) is 1.60. The van der Waals surface area contributed by atoms with Crippen molar-refractivity contribution >= 4 is 11.4 Å². The first-order chi connectivity index (χ1) is 5.52. The third kappa shape index (κ3) is 1.52. The molecule has 0 saturated heterocycles. The Morgan fingerprint density at radius 1 is 1.17 bits per heavy atom. The Bertz CT molecular complexity index is 267. The minimum atomic E-state index is 0.859. The Balaban J connectivity index is 3.28. The molecule has 66 valence electrons. The van der Waals surface area contributed by atoms with Gasteiger partial charge in [0.2, 0.25) is 0 Å². The zero-order valence-corrected chi connectivity index (χ0v) is 8.18. The second-order valence-electron chi connectivity index (χ2n) is 3.41. The third-order valence-corrected chi connectivity index (χ3v) is 1.92. The largest absolute Gasteiger partial charge is 0.397 e. The molecule has 0 atom stereocenters. The van der Waals surface area contributed by atoms with Crippen LogP contribution in [0, 0.1) is 13.8 Å². The van der Waals surface area contributed by atoms with E-state index in [1.165, 1.54) is 11.1 Å². The van der Waals surface area contributed by atoms with E-state index in [0.29, 0.717) is 0 Å². The van der Waals surface area contributed by atoms with Crippen molar-refractivity contribution in [2.24, 2.45) is 0 Å². The van der Waals surface area contributed by atoms with Gasteiger partial charge >= 0.3 is 0 Å². The van der Waals surface area contributed by atoms with Crippen molar-refractivity contribution in [3.05, 3.63) is 23.3 Å². The fraction of sp³-hybridized carbons (Fsp3) is 0.400. The first-order valence-electron chi connectivity index (χ1n) is 4.06. The summed E-state index contributed by atoms with van der Waals surface area (Å²) >= 11 is 0. The SMILES string of the molecule is Cc1cc(C)c(N(C)C)c(N)c1. The van der Waals surface area contributed by atoms with Gasteiger partial charge in [0, 0.05) is 14.1 Å². The quantitative estimate of drug-likeness (QED) is 0.643. The van der Waals surface area contributed by atoms with E-state index >= 15 is 0 Å². The summed E-state index contributed by atoms with van der Waals surface area (Å²) in [4.78, 5) is 2.05. The highest BCUT2D eigenvalue weighted by atomic mass is 15.1. The molecule has 0 aliphatic heterocycles. The van der Waals surface area contributed by atoms with Crippen molar-refractivity contribution < 1.29 is 0 Å². The molecule has 0 heterocycles. The van der Waals surface area contributed by atoms with Crippen molar-refractivity contribution in [2.45, 2.75) is 13.8 Å². The molecule has 0 bridgehead atoms. The zero-order chi connectivity index (χ0) is 9.30. The van der Waals surface area contributed by atoms with Crippen LogP contribution in [0.15, 0.2) is 12.1 Å². The number of anilines is 2. The highest BCUT2D eigenvalue weighted by Gasteiger charge is 2.05. The van der Waals surface area contributed by atoms with Gasteiger partial charge in [0.1, 0.15) is 0 Å². The van der Waals surface area contributed by atoms with Gasteiger partial charge in [-0.2, -0.15) is 0 Å². The van der Waals surface area contributed by atoms with Gasteiger partial charge in [0.05, 0.1) is 11.4 Å². The molecule has 0 radical (unpaired) electrons. The van der Waals surface area contributed by atoms with E-state index in [4.69, 9.17) is 5.73 Å². The summed E-state index contributed by atoms with van der Waals surface area (Å²) in [6.07, 6.45) is 0. The molecule has 0 aliphatic rings. The molecule has 0 aliphatic carbocycles. The standard InChI is InChI=1S/C10H16N2/c1-7-5-8(2)10(12(3)4)9(11)6-7/h5-6H,11H2,1-4H3. The Hall–Kier alpha value is -1.18. The van der Waals surface area contributed by atoms with Gasteiger partial charge in [0.15, 0.2) is 0 Å². The van der Waals surface area contributed by atoms with Crippen LogP contribution in [0.3, 0.4) is 0 Å². The Morgan fingerprint density at radius 2 is 1.75 bits per heavy atom. The number of rotatable bonds is 1. The Morgan fingerprint density at radius 3 is 2.17 bits per heavy atom. The van der Waals surface area contributed by atoms with Crippen LogP contribution in [0.1, 0.15) is 11.1 Å². The van der Waals surface area contributed by atoms with E-state index in [1.54, 1.807) is 0 Å². The number of aryl methyl sites for hydroxylation is 2. The molecule has 0 spiro atoms. The Labute approximate surface area is 74.0 Å². The van der Waals surface area contributed by atoms with E-state index < -0.39 is 0 Å². The van der Waals surface area contributed by atoms with Gasteiger partial charge in [-0.05, 0) is 31.0 Å². The number of nitrogens with zero attached hydrogens (tertiary/aromatic N) is 1. The minimum absolute atomic E-state index is 0.859. The number of hydrogen-bond donors (Lipinski definition) is 1. The smallest absolute Gasteiger partial charge is 0.0624 e. The van der Waals surface area contributed by atoms with Crippen LogP contribution in [-0.4, -0.2) is 14.1 Å². The molecule has 2 N–H and O–H groups in total. The monoisotopic (exact) mass is 164 g/mol. The van der Waals surface area contributed by atoms with Gasteiger partial charge < -0.3 is 10.6 Å². The topological polar surface area (TPSA) is 29.3 Å². The third-order valence-electron chi connectivity index (χ3n) is 1.92. The molecule has 2 heteroatoms. The lowest BCUT2D eigenvalue weighted by molar-refractivity contribution is 1.11. The van der Waals surface area contributed by atoms with Gasteiger partial charge in [-0.3, -0.25) is 0 Å². The molecule has 0 amide bonds. The molecule has 1 rings (SSSR count). The highest BCUT2D eigenvalue weighted by Crippen LogP contribution is 2.26. The number of benzene rings is 1. The average Bonchev–Trinajstić information content (AvgIpc) is 1.82. The van der Waals surface area contributed by atoms with Crippen LogP contribution in [0.5, 0.6) is 0 Å². The lowest BCUT2D eigenvalue weighted by atomic mass is 10.1. The average molecular weight is 164 g/mol. The van der Waals surface area contributed by atoms with Crippen molar-refractivity contribution in [1.29, 1.82) is 0 Å². The van der Waals surface area contributed by atoms with Gasteiger partial charge in [0.25, 0.3) is 0 Å². The first-order valence-corrected chi connectivity index (χ1v) is 4.06.